The molecule has 6 nitrogen and oxygen atoms in total. The van der Waals surface area contributed by atoms with Gasteiger partial charge in [-0.25, -0.2) is 14.4 Å². The standard InChI is InChI=1S/C16H13BrFN5O/c1-21-4-5-22(12-3-2-10(18)6-13(12)21)16(24)11-9-23-14(17)7-20-15(23)8-19-11/h2-3,6-9H,4-5H2,1H3. The summed E-state index contributed by atoms with van der Waals surface area (Å²) in [5.41, 5.74) is 2.33. The predicted molar refractivity (Wildman–Crippen MR) is 92.0 cm³/mol. The van der Waals surface area contributed by atoms with E-state index in [0.717, 1.165) is 4.60 Å². The number of anilines is 2. The van der Waals surface area contributed by atoms with Crippen LogP contribution in [0.5, 0.6) is 0 Å². The van der Waals surface area contributed by atoms with E-state index in [4.69, 9.17) is 0 Å². The van der Waals surface area contributed by atoms with E-state index in [-0.39, 0.29) is 11.7 Å². The van der Waals surface area contributed by atoms with Crippen molar-refractivity contribution in [2.24, 2.45) is 0 Å². The number of halogens is 2. The maximum atomic E-state index is 13.5. The van der Waals surface area contributed by atoms with Crippen LogP contribution in [-0.4, -0.2) is 40.4 Å². The lowest BCUT2D eigenvalue weighted by Gasteiger charge is -2.35. The number of imidazole rings is 1. The number of nitrogens with zero attached hydrogens (tertiary/aromatic N) is 5. The third-order valence-electron chi connectivity index (χ3n) is 4.11. The lowest BCUT2D eigenvalue weighted by Crippen LogP contribution is -2.43. The molecule has 1 aliphatic rings. The molecule has 1 aromatic carbocycles. The molecule has 8 heteroatoms. The average Bonchev–Trinajstić information content (AvgIpc) is 2.96. The van der Waals surface area contributed by atoms with E-state index in [1.165, 1.54) is 12.1 Å². The molecule has 0 fully saturated rings. The largest absolute Gasteiger partial charge is 0.371 e. The van der Waals surface area contributed by atoms with E-state index in [0.29, 0.717) is 35.8 Å². The van der Waals surface area contributed by atoms with Gasteiger partial charge in [-0.3, -0.25) is 9.20 Å². The van der Waals surface area contributed by atoms with Gasteiger partial charge in [0.05, 0.1) is 23.8 Å². The number of carbonyl (C=O) groups excluding carboxylic acids is 1. The quantitative estimate of drug-likeness (QED) is 0.641. The lowest BCUT2D eigenvalue weighted by molar-refractivity contribution is 0.0981. The molecule has 24 heavy (non-hydrogen) atoms. The van der Waals surface area contributed by atoms with Crippen molar-refractivity contribution in [2.45, 2.75) is 0 Å². The molecule has 0 bridgehead atoms. The van der Waals surface area contributed by atoms with Crippen molar-refractivity contribution < 1.29 is 9.18 Å². The third kappa shape index (κ3) is 2.34. The number of hydrogen-bond donors (Lipinski definition) is 0. The SMILES string of the molecule is CN1CCN(C(=O)c2cn3c(Br)cnc3cn2)c2ccc(F)cc21. The van der Waals surface area contributed by atoms with E-state index in [9.17, 15) is 9.18 Å². The maximum absolute atomic E-state index is 13.5. The summed E-state index contributed by atoms with van der Waals surface area (Å²) in [6.07, 6.45) is 4.86. The number of hydrogen-bond acceptors (Lipinski definition) is 4. The van der Waals surface area contributed by atoms with Gasteiger partial charge in [-0.1, -0.05) is 0 Å². The topological polar surface area (TPSA) is 53.7 Å². The molecule has 0 saturated heterocycles. The fourth-order valence-corrected chi connectivity index (χ4v) is 3.23. The van der Waals surface area contributed by atoms with Crippen LogP contribution in [0.1, 0.15) is 10.5 Å². The number of benzene rings is 1. The van der Waals surface area contributed by atoms with Crippen LogP contribution in [-0.2, 0) is 0 Å². The first-order valence-electron chi connectivity index (χ1n) is 7.36. The van der Waals surface area contributed by atoms with Gasteiger partial charge in [0.15, 0.2) is 5.65 Å². The molecule has 0 radical (unpaired) electrons. The minimum Gasteiger partial charge on any atom is -0.371 e. The van der Waals surface area contributed by atoms with Crippen LogP contribution >= 0.6 is 15.9 Å². The number of rotatable bonds is 1. The Balaban J connectivity index is 1.76. The molecule has 0 N–H and O–H groups in total. The zero-order chi connectivity index (χ0) is 16.8. The molecule has 0 unspecified atom stereocenters. The number of fused-ring (bicyclic) bond motifs is 2. The molecule has 122 valence electrons. The smallest absolute Gasteiger partial charge is 0.278 e. The highest BCUT2D eigenvalue weighted by atomic mass is 79.9. The minimum atomic E-state index is -0.322. The second kappa shape index (κ2) is 5.55. The van der Waals surface area contributed by atoms with Crippen LogP contribution in [0.15, 0.2) is 41.4 Å². The Kier molecular flexibility index (Phi) is 3.49. The van der Waals surface area contributed by atoms with Crippen LogP contribution in [0.25, 0.3) is 5.65 Å². The molecule has 1 aliphatic heterocycles. The fraction of sp³-hybridized carbons (Fsp3) is 0.188. The van der Waals surface area contributed by atoms with Crippen molar-refractivity contribution in [1.29, 1.82) is 0 Å². The summed E-state index contributed by atoms with van der Waals surface area (Å²) in [7, 11) is 1.88. The molecule has 4 rings (SSSR count). The van der Waals surface area contributed by atoms with Gasteiger partial charge in [0.25, 0.3) is 5.91 Å². The summed E-state index contributed by atoms with van der Waals surface area (Å²) in [6, 6.07) is 4.43. The number of aromatic nitrogens is 3. The van der Waals surface area contributed by atoms with E-state index in [1.807, 2.05) is 11.9 Å². The average molecular weight is 390 g/mol. The van der Waals surface area contributed by atoms with Crippen LogP contribution in [0.3, 0.4) is 0 Å². The highest BCUT2D eigenvalue weighted by molar-refractivity contribution is 9.10. The number of amides is 1. The molecular formula is C16H13BrFN5O. The molecule has 1 amide bonds. The third-order valence-corrected chi connectivity index (χ3v) is 4.70. The molecular weight excluding hydrogens is 377 g/mol. The summed E-state index contributed by atoms with van der Waals surface area (Å²) in [5.74, 6) is -0.546. The van der Waals surface area contributed by atoms with Crippen molar-refractivity contribution in [2.75, 3.05) is 29.9 Å². The molecule has 3 heterocycles. The molecule has 0 atom stereocenters. The predicted octanol–water partition coefficient (Wildman–Crippen LogP) is 2.73. The summed E-state index contributed by atoms with van der Waals surface area (Å²) >= 11 is 3.39. The summed E-state index contributed by atoms with van der Waals surface area (Å²) in [4.78, 5) is 24.9. The maximum Gasteiger partial charge on any atom is 0.278 e. The summed E-state index contributed by atoms with van der Waals surface area (Å²) in [6.45, 7) is 1.14. The van der Waals surface area contributed by atoms with Gasteiger partial charge >= 0.3 is 0 Å². The summed E-state index contributed by atoms with van der Waals surface area (Å²) in [5, 5.41) is 0. The Morgan fingerprint density at radius 2 is 2.04 bits per heavy atom. The second-order valence-electron chi connectivity index (χ2n) is 5.59. The van der Waals surface area contributed by atoms with Gasteiger partial charge in [-0.2, -0.15) is 0 Å². The Labute approximate surface area is 145 Å². The Morgan fingerprint density at radius 3 is 2.88 bits per heavy atom. The molecule has 3 aromatic rings. The van der Waals surface area contributed by atoms with E-state index >= 15 is 0 Å². The normalized spacial score (nSPS) is 14.1. The van der Waals surface area contributed by atoms with Gasteiger partial charge in [0.1, 0.15) is 16.1 Å². The van der Waals surface area contributed by atoms with E-state index in [2.05, 4.69) is 25.9 Å². The number of likely N-dealkylation sites (N-methyl/N-ethyl adjacent to an activating group) is 1. The molecule has 0 aliphatic carbocycles. The highest BCUT2D eigenvalue weighted by Gasteiger charge is 2.27. The first-order chi connectivity index (χ1) is 11.5. The zero-order valence-corrected chi connectivity index (χ0v) is 14.4. The van der Waals surface area contributed by atoms with Crippen LogP contribution in [0, 0.1) is 5.82 Å². The van der Waals surface area contributed by atoms with Crippen molar-refractivity contribution in [3.05, 3.63) is 52.9 Å². The zero-order valence-electron chi connectivity index (χ0n) is 12.8. The highest BCUT2D eigenvalue weighted by Crippen LogP contribution is 2.33. The van der Waals surface area contributed by atoms with Crippen molar-refractivity contribution in [1.82, 2.24) is 14.4 Å². The second-order valence-corrected chi connectivity index (χ2v) is 6.41. The summed E-state index contributed by atoms with van der Waals surface area (Å²) < 4.78 is 16.0. The Morgan fingerprint density at radius 1 is 1.21 bits per heavy atom. The lowest BCUT2D eigenvalue weighted by atomic mass is 10.1. The van der Waals surface area contributed by atoms with E-state index in [1.54, 1.807) is 34.0 Å². The first kappa shape index (κ1) is 15.1. The Bertz CT molecular complexity index is 957. The number of carbonyl (C=O) groups is 1. The molecule has 0 spiro atoms. The van der Waals surface area contributed by atoms with E-state index < -0.39 is 0 Å². The van der Waals surface area contributed by atoms with Crippen LogP contribution in [0.2, 0.25) is 0 Å². The van der Waals surface area contributed by atoms with Gasteiger partial charge < -0.3 is 9.80 Å². The minimum absolute atomic E-state index is 0.224. The van der Waals surface area contributed by atoms with Gasteiger partial charge in [-0.05, 0) is 34.1 Å². The van der Waals surface area contributed by atoms with Crippen molar-refractivity contribution in [3.63, 3.8) is 0 Å². The van der Waals surface area contributed by atoms with Crippen LogP contribution in [0.4, 0.5) is 15.8 Å². The molecule has 0 saturated carbocycles. The fourth-order valence-electron chi connectivity index (χ4n) is 2.84. The van der Waals surface area contributed by atoms with Gasteiger partial charge in [-0.15, -0.1) is 0 Å². The van der Waals surface area contributed by atoms with Gasteiger partial charge in [0, 0.05) is 26.3 Å². The molecule has 2 aromatic heterocycles. The monoisotopic (exact) mass is 389 g/mol. The first-order valence-corrected chi connectivity index (χ1v) is 8.15. The van der Waals surface area contributed by atoms with Crippen molar-refractivity contribution in [3.8, 4) is 0 Å². The Hall–Kier alpha value is -2.48. The van der Waals surface area contributed by atoms with Crippen LogP contribution < -0.4 is 9.80 Å². The van der Waals surface area contributed by atoms with Crippen molar-refractivity contribution >= 4 is 38.9 Å². The van der Waals surface area contributed by atoms with Gasteiger partial charge in [0.2, 0.25) is 0 Å².